The molecular formula is C21H19N5OS. The molecule has 0 aliphatic rings. The van der Waals surface area contributed by atoms with Crippen LogP contribution >= 0.6 is 11.8 Å². The molecule has 28 heavy (non-hydrogen) atoms. The quantitative estimate of drug-likeness (QED) is 0.499. The van der Waals surface area contributed by atoms with Gasteiger partial charge < -0.3 is 9.88 Å². The second-order valence-corrected chi connectivity index (χ2v) is 7.11. The SMILES string of the molecule is CCn1c(SCC(=O)Nc2ccccc2)nnc1-c1ccc2ncccc2c1. The molecule has 2 heterocycles. The van der Waals surface area contributed by atoms with Gasteiger partial charge in [0.1, 0.15) is 0 Å². The molecular weight excluding hydrogens is 370 g/mol. The van der Waals surface area contributed by atoms with E-state index in [1.54, 1.807) is 6.20 Å². The number of nitrogens with zero attached hydrogens (tertiary/aromatic N) is 4. The first-order valence-electron chi connectivity index (χ1n) is 9.00. The van der Waals surface area contributed by atoms with Crippen molar-refractivity contribution in [2.45, 2.75) is 18.6 Å². The molecule has 4 aromatic rings. The van der Waals surface area contributed by atoms with E-state index >= 15 is 0 Å². The number of hydrogen-bond donors (Lipinski definition) is 1. The number of fused-ring (bicyclic) bond motifs is 1. The predicted molar refractivity (Wildman–Crippen MR) is 112 cm³/mol. The minimum atomic E-state index is -0.0693. The molecule has 0 spiro atoms. The molecule has 0 saturated carbocycles. The van der Waals surface area contributed by atoms with E-state index in [4.69, 9.17) is 0 Å². The number of para-hydroxylation sites is 1. The number of thioether (sulfide) groups is 1. The van der Waals surface area contributed by atoms with E-state index in [9.17, 15) is 4.79 Å². The molecule has 0 bridgehead atoms. The molecule has 0 atom stereocenters. The molecule has 4 rings (SSSR count). The Balaban J connectivity index is 1.51. The van der Waals surface area contributed by atoms with E-state index in [-0.39, 0.29) is 11.7 Å². The molecule has 1 amide bonds. The van der Waals surface area contributed by atoms with Gasteiger partial charge in [-0.25, -0.2) is 0 Å². The minimum Gasteiger partial charge on any atom is -0.325 e. The van der Waals surface area contributed by atoms with E-state index in [0.717, 1.165) is 39.7 Å². The van der Waals surface area contributed by atoms with Gasteiger partial charge in [-0.1, -0.05) is 36.0 Å². The highest BCUT2D eigenvalue weighted by atomic mass is 32.2. The lowest BCUT2D eigenvalue weighted by molar-refractivity contribution is -0.113. The highest BCUT2D eigenvalue weighted by molar-refractivity contribution is 7.99. The third-order valence-electron chi connectivity index (χ3n) is 4.28. The average molecular weight is 389 g/mol. The Labute approximate surface area is 167 Å². The van der Waals surface area contributed by atoms with Crippen LogP contribution in [0.4, 0.5) is 5.69 Å². The maximum Gasteiger partial charge on any atom is 0.234 e. The summed E-state index contributed by atoms with van der Waals surface area (Å²) in [4.78, 5) is 16.6. The smallest absolute Gasteiger partial charge is 0.234 e. The lowest BCUT2D eigenvalue weighted by atomic mass is 10.1. The van der Waals surface area contributed by atoms with Gasteiger partial charge in [-0.05, 0) is 43.3 Å². The van der Waals surface area contributed by atoms with Crippen LogP contribution in [0.2, 0.25) is 0 Å². The number of aromatic nitrogens is 4. The zero-order valence-corrected chi connectivity index (χ0v) is 16.2. The van der Waals surface area contributed by atoms with Crippen LogP contribution in [0.25, 0.3) is 22.3 Å². The summed E-state index contributed by atoms with van der Waals surface area (Å²) in [6.45, 7) is 2.76. The molecule has 0 aliphatic heterocycles. The normalized spacial score (nSPS) is 10.9. The molecule has 0 fully saturated rings. The highest BCUT2D eigenvalue weighted by Crippen LogP contribution is 2.26. The summed E-state index contributed by atoms with van der Waals surface area (Å²) in [5.74, 6) is 0.994. The fourth-order valence-electron chi connectivity index (χ4n) is 2.96. The molecule has 7 heteroatoms. The van der Waals surface area contributed by atoms with Gasteiger partial charge in [0.2, 0.25) is 5.91 Å². The monoisotopic (exact) mass is 389 g/mol. The van der Waals surface area contributed by atoms with Gasteiger partial charge in [-0.15, -0.1) is 10.2 Å². The van der Waals surface area contributed by atoms with Crippen molar-refractivity contribution in [3.63, 3.8) is 0 Å². The fraction of sp³-hybridized carbons (Fsp3) is 0.143. The topological polar surface area (TPSA) is 72.7 Å². The number of hydrogen-bond acceptors (Lipinski definition) is 5. The van der Waals surface area contributed by atoms with Crippen molar-refractivity contribution in [3.05, 3.63) is 66.9 Å². The van der Waals surface area contributed by atoms with Crippen LogP contribution < -0.4 is 5.32 Å². The Kier molecular flexibility index (Phi) is 5.34. The molecule has 2 aromatic heterocycles. The molecule has 6 nitrogen and oxygen atoms in total. The van der Waals surface area contributed by atoms with E-state index < -0.39 is 0 Å². The van der Waals surface area contributed by atoms with Crippen LogP contribution in [0.3, 0.4) is 0 Å². The largest absolute Gasteiger partial charge is 0.325 e. The maximum atomic E-state index is 12.2. The number of nitrogens with one attached hydrogen (secondary N) is 1. The van der Waals surface area contributed by atoms with Crippen LogP contribution in [0.15, 0.2) is 72.0 Å². The first kappa shape index (κ1) is 18.2. The van der Waals surface area contributed by atoms with Crippen LogP contribution in [0.1, 0.15) is 6.92 Å². The number of pyridine rings is 1. The van der Waals surface area contributed by atoms with Crippen molar-refractivity contribution in [2.75, 3.05) is 11.1 Å². The minimum absolute atomic E-state index is 0.0693. The summed E-state index contributed by atoms with van der Waals surface area (Å²) < 4.78 is 2.03. The Morgan fingerprint density at radius 3 is 2.75 bits per heavy atom. The number of anilines is 1. The summed E-state index contributed by atoms with van der Waals surface area (Å²) in [6, 6.07) is 19.4. The Morgan fingerprint density at radius 1 is 1.07 bits per heavy atom. The van der Waals surface area contributed by atoms with Crippen LogP contribution in [0, 0.1) is 0 Å². The number of carbonyl (C=O) groups excluding carboxylic acids is 1. The third-order valence-corrected chi connectivity index (χ3v) is 5.25. The van der Waals surface area contributed by atoms with Crippen LogP contribution in [-0.2, 0) is 11.3 Å². The Bertz CT molecular complexity index is 1110. The molecule has 0 radical (unpaired) electrons. The summed E-state index contributed by atoms with van der Waals surface area (Å²) in [7, 11) is 0. The Morgan fingerprint density at radius 2 is 1.93 bits per heavy atom. The van der Waals surface area contributed by atoms with Crippen molar-refractivity contribution in [1.29, 1.82) is 0 Å². The number of benzene rings is 2. The Hall–Kier alpha value is -3.19. The highest BCUT2D eigenvalue weighted by Gasteiger charge is 2.15. The van der Waals surface area contributed by atoms with Gasteiger partial charge in [0, 0.05) is 29.4 Å². The van der Waals surface area contributed by atoms with Gasteiger partial charge in [0.15, 0.2) is 11.0 Å². The van der Waals surface area contributed by atoms with Crippen molar-refractivity contribution >= 4 is 34.3 Å². The number of rotatable bonds is 6. The van der Waals surface area contributed by atoms with Crippen LogP contribution in [-0.4, -0.2) is 31.4 Å². The van der Waals surface area contributed by atoms with E-state index in [1.807, 2.05) is 66.1 Å². The van der Waals surface area contributed by atoms with Crippen molar-refractivity contribution < 1.29 is 4.79 Å². The molecule has 0 unspecified atom stereocenters. The summed E-state index contributed by atoms with van der Waals surface area (Å²) in [5, 5.41) is 13.3. The van der Waals surface area contributed by atoms with Gasteiger partial charge in [0.05, 0.1) is 11.3 Å². The van der Waals surface area contributed by atoms with Crippen molar-refractivity contribution in [3.8, 4) is 11.4 Å². The number of amides is 1. The molecule has 0 aliphatic carbocycles. The standard InChI is InChI=1S/C21H19N5OS/c1-2-26-20(16-10-11-18-15(13-16)7-6-12-22-18)24-25-21(26)28-14-19(27)23-17-8-4-3-5-9-17/h3-13H,2,14H2,1H3,(H,23,27). The van der Waals surface area contributed by atoms with Crippen LogP contribution in [0.5, 0.6) is 0 Å². The van der Waals surface area contributed by atoms with E-state index in [1.165, 1.54) is 11.8 Å². The van der Waals surface area contributed by atoms with Gasteiger partial charge in [-0.3, -0.25) is 9.78 Å². The third kappa shape index (κ3) is 3.89. The van der Waals surface area contributed by atoms with Gasteiger partial charge >= 0.3 is 0 Å². The maximum absolute atomic E-state index is 12.2. The lowest BCUT2D eigenvalue weighted by Gasteiger charge is -2.08. The molecule has 1 N–H and O–H groups in total. The molecule has 2 aromatic carbocycles. The number of carbonyl (C=O) groups is 1. The lowest BCUT2D eigenvalue weighted by Crippen LogP contribution is -2.14. The second-order valence-electron chi connectivity index (χ2n) is 6.16. The fourth-order valence-corrected chi connectivity index (χ4v) is 3.76. The van der Waals surface area contributed by atoms with Gasteiger partial charge in [-0.2, -0.15) is 0 Å². The summed E-state index contributed by atoms with van der Waals surface area (Å²) in [6.07, 6.45) is 1.78. The van der Waals surface area contributed by atoms with Crippen molar-refractivity contribution in [2.24, 2.45) is 0 Å². The zero-order chi connectivity index (χ0) is 19.3. The molecule has 140 valence electrons. The summed E-state index contributed by atoms with van der Waals surface area (Å²) in [5.41, 5.74) is 2.71. The van der Waals surface area contributed by atoms with E-state index in [0.29, 0.717) is 0 Å². The van der Waals surface area contributed by atoms with Crippen molar-refractivity contribution in [1.82, 2.24) is 19.7 Å². The average Bonchev–Trinajstić information content (AvgIpc) is 3.15. The van der Waals surface area contributed by atoms with Gasteiger partial charge in [0.25, 0.3) is 0 Å². The predicted octanol–water partition coefficient (Wildman–Crippen LogP) is 4.24. The zero-order valence-electron chi connectivity index (χ0n) is 15.4. The molecule has 0 saturated heterocycles. The first-order valence-corrected chi connectivity index (χ1v) is 9.99. The summed E-state index contributed by atoms with van der Waals surface area (Å²) >= 11 is 1.38. The second kappa shape index (κ2) is 8.22. The van der Waals surface area contributed by atoms with E-state index in [2.05, 4.69) is 26.6 Å². The first-order chi connectivity index (χ1) is 13.7.